The van der Waals surface area contributed by atoms with Crippen LogP contribution < -0.4 is 0 Å². The molecule has 0 unspecified atom stereocenters. The van der Waals surface area contributed by atoms with Crippen molar-refractivity contribution in [2.75, 3.05) is 26.3 Å². The summed E-state index contributed by atoms with van der Waals surface area (Å²) in [6.45, 7) is 1.88. The SMILES string of the molecule is O=C(c1ccc(CS(=O)(=O)Cc2ccccc2F)o1)N1CCOCC1. The Hall–Kier alpha value is -2.19. The first-order valence-electron chi connectivity index (χ1n) is 7.84. The molecule has 6 nitrogen and oxygen atoms in total. The van der Waals surface area contributed by atoms with Gasteiger partial charge >= 0.3 is 0 Å². The zero-order valence-electron chi connectivity index (χ0n) is 13.5. The Morgan fingerprint density at radius 1 is 1.08 bits per heavy atom. The number of benzene rings is 1. The largest absolute Gasteiger partial charge is 0.455 e. The van der Waals surface area contributed by atoms with Crippen LogP contribution in [0.15, 0.2) is 40.8 Å². The standard InChI is InChI=1S/C17H18FNO5S/c18-15-4-2-1-3-13(15)11-25(21,22)12-14-5-6-16(24-14)17(20)19-7-9-23-10-8-19/h1-6H,7-12H2. The van der Waals surface area contributed by atoms with E-state index in [4.69, 9.17) is 9.15 Å². The Balaban J connectivity index is 1.68. The van der Waals surface area contributed by atoms with Crippen molar-refractivity contribution in [2.24, 2.45) is 0 Å². The second-order valence-corrected chi connectivity index (χ2v) is 7.86. The molecule has 8 heteroatoms. The molecule has 2 aromatic rings. The second-order valence-electron chi connectivity index (χ2n) is 5.79. The van der Waals surface area contributed by atoms with Gasteiger partial charge in [-0.05, 0) is 18.2 Å². The van der Waals surface area contributed by atoms with E-state index >= 15 is 0 Å². The summed E-state index contributed by atoms with van der Waals surface area (Å²) in [7, 11) is -3.63. The Kier molecular flexibility index (Phi) is 5.19. The van der Waals surface area contributed by atoms with Crippen LogP contribution in [0, 0.1) is 5.82 Å². The summed E-state index contributed by atoms with van der Waals surface area (Å²) >= 11 is 0. The highest BCUT2D eigenvalue weighted by Crippen LogP contribution is 2.18. The van der Waals surface area contributed by atoms with Crippen molar-refractivity contribution in [1.82, 2.24) is 4.90 Å². The highest BCUT2D eigenvalue weighted by Gasteiger charge is 2.23. The molecule has 0 spiro atoms. The molecule has 134 valence electrons. The highest BCUT2D eigenvalue weighted by molar-refractivity contribution is 7.89. The van der Waals surface area contributed by atoms with Gasteiger partial charge in [-0.3, -0.25) is 4.79 Å². The van der Waals surface area contributed by atoms with Gasteiger partial charge < -0.3 is 14.1 Å². The van der Waals surface area contributed by atoms with E-state index < -0.39 is 27.2 Å². The fourth-order valence-electron chi connectivity index (χ4n) is 2.61. The third-order valence-corrected chi connectivity index (χ3v) is 5.34. The van der Waals surface area contributed by atoms with Crippen LogP contribution in [0.25, 0.3) is 0 Å². The van der Waals surface area contributed by atoms with Crippen molar-refractivity contribution in [3.8, 4) is 0 Å². The van der Waals surface area contributed by atoms with E-state index in [-0.39, 0.29) is 23.0 Å². The number of amides is 1. The van der Waals surface area contributed by atoms with Crippen LogP contribution in [0.5, 0.6) is 0 Å². The lowest BCUT2D eigenvalue weighted by Crippen LogP contribution is -2.40. The fraction of sp³-hybridized carbons (Fsp3) is 0.353. The molecule has 0 bridgehead atoms. The van der Waals surface area contributed by atoms with Crippen LogP contribution in [0.4, 0.5) is 4.39 Å². The van der Waals surface area contributed by atoms with Gasteiger partial charge in [0.25, 0.3) is 5.91 Å². The molecule has 1 aromatic heterocycles. The number of ether oxygens (including phenoxy) is 1. The number of rotatable bonds is 5. The number of morpholine rings is 1. The molecule has 1 aliphatic heterocycles. The first-order valence-corrected chi connectivity index (χ1v) is 9.66. The normalized spacial score (nSPS) is 15.3. The second kappa shape index (κ2) is 7.37. The lowest BCUT2D eigenvalue weighted by atomic mass is 10.2. The van der Waals surface area contributed by atoms with Crippen LogP contribution in [0.2, 0.25) is 0 Å². The van der Waals surface area contributed by atoms with Crippen LogP contribution in [0.3, 0.4) is 0 Å². The first kappa shape index (κ1) is 17.6. The molecule has 0 radical (unpaired) electrons. The minimum Gasteiger partial charge on any atom is -0.455 e. The van der Waals surface area contributed by atoms with Crippen molar-refractivity contribution in [3.05, 3.63) is 59.3 Å². The van der Waals surface area contributed by atoms with Gasteiger partial charge in [-0.2, -0.15) is 0 Å². The van der Waals surface area contributed by atoms with E-state index in [0.717, 1.165) is 0 Å². The van der Waals surface area contributed by atoms with E-state index in [2.05, 4.69) is 0 Å². The third-order valence-electron chi connectivity index (χ3n) is 3.87. The minimum atomic E-state index is -3.63. The van der Waals surface area contributed by atoms with Crippen molar-refractivity contribution < 1.29 is 26.8 Å². The predicted octanol–water partition coefficient (Wildman–Crippen LogP) is 2.01. The molecule has 1 saturated heterocycles. The lowest BCUT2D eigenvalue weighted by Gasteiger charge is -2.25. The molecular formula is C17H18FNO5S. The average Bonchev–Trinajstić information content (AvgIpc) is 3.04. The average molecular weight is 367 g/mol. The first-order chi connectivity index (χ1) is 11.9. The van der Waals surface area contributed by atoms with Crippen molar-refractivity contribution >= 4 is 15.7 Å². The van der Waals surface area contributed by atoms with E-state index in [0.29, 0.717) is 26.3 Å². The number of furan rings is 1. The molecule has 0 N–H and O–H groups in total. The zero-order chi connectivity index (χ0) is 17.9. The number of hydrogen-bond donors (Lipinski definition) is 0. The van der Waals surface area contributed by atoms with Crippen LogP contribution in [0.1, 0.15) is 21.9 Å². The van der Waals surface area contributed by atoms with Crippen LogP contribution in [-0.4, -0.2) is 45.5 Å². The van der Waals surface area contributed by atoms with Crippen LogP contribution in [-0.2, 0) is 26.1 Å². The Bertz CT molecular complexity index is 855. The molecule has 2 heterocycles. The topological polar surface area (TPSA) is 76.8 Å². The molecule has 1 aromatic carbocycles. The maximum Gasteiger partial charge on any atom is 0.289 e. The Morgan fingerprint density at radius 3 is 2.52 bits per heavy atom. The van der Waals surface area contributed by atoms with Crippen molar-refractivity contribution in [2.45, 2.75) is 11.5 Å². The van der Waals surface area contributed by atoms with Gasteiger partial charge in [0.05, 0.1) is 19.0 Å². The maximum atomic E-state index is 13.6. The molecule has 3 rings (SSSR count). The van der Waals surface area contributed by atoms with Crippen molar-refractivity contribution in [3.63, 3.8) is 0 Å². The minimum absolute atomic E-state index is 0.0954. The summed E-state index contributed by atoms with van der Waals surface area (Å²) in [6.07, 6.45) is 0. The number of carbonyl (C=O) groups is 1. The number of halogens is 1. The monoisotopic (exact) mass is 367 g/mol. The predicted molar refractivity (Wildman–Crippen MR) is 88.2 cm³/mol. The van der Waals surface area contributed by atoms with Gasteiger partial charge in [0.15, 0.2) is 15.6 Å². The molecular weight excluding hydrogens is 349 g/mol. The zero-order valence-corrected chi connectivity index (χ0v) is 14.3. The molecule has 1 amide bonds. The van der Waals surface area contributed by atoms with E-state index in [1.165, 1.54) is 30.3 Å². The molecule has 25 heavy (non-hydrogen) atoms. The molecule has 1 aliphatic rings. The van der Waals surface area contributed by atoms with Gasteiger partial charge in [0.1, 0.15) is 17.3 Å². The summed E-state index contributed by atoms with van der Waals surface area (Å²) in [6, 6.07) is 8.67. The summed E-state index contributed by atoms with van der Waals surface area (Å²) < 4.78 is 48.7. The summed E-state index contributed by atoms with van der Waals surface area (Å²) in [5.41, 5.74) is 0.110. The van der Waals surface area contributed by atoms with E-state index in [1.807, 2.05) is 0 Å². The summed E-state index contributed by atoms with van der Waals surface area (Å²) in [5.74, 6) is -1.41. The van der Waals surface area contributed by atoms with E-state index in [9.17, 15) is 17.6 Å². The quantitative estimate of drug-likeness (QED) is 0.808. The van der Waals surface area contributed by atoms with Gasteiger partial charge in [0.2, 0.25) is 0 Å². The molecule has 0 atom stereocenters. The maximum absolute atomic E-state index is 13.6. The molecule has 1 fully saturated rings. The fourth-order valence-corrected chi connectivity index (χ4v) is 4.01. The van der Waals surface area contributed by atoms with Gasteiger partial charge in [0, 0.05) is 18.7 Å². The smallest absolute Gasteiger partial charge is 0.289 e. The third kappa shape index (κ3) is 4.46. The summed E-state index contributed by atoms with van der Waals surface area (Å²) in [4.78, 5) is 13.9. The number of sulfone groups is 1. The Labute approximate surface area is 145 Å². The number of carbonyl (C=O) groups excluding carboxylic acids is 1. The van der Waals surface area contributed by atoms with Gasteiger partial charge in [-0.25, -0.2) is 12.8 Å². The lowest BCUT2D eigenvalue weighted by molar-refractivity contribution is 0.0282. The molecule has 0 aliphatic carbocycles. The van der Waals surface area contributed by atoms with Gasteiger partial charge in [-0.15, -0.1) is 0 Å². The molecule has 0 saturated carbocycles. The summed E-state index contributed by atoms with van der Waals surface area (Å²) in [5, 5.41) is 0. The van der Waals surface area contributed by atoms with Crippen molar-refractivity contribution in [1.29, 1.82) is 0 Å². The highest BCUT2D eigenvalue weighted by atomic mass is 32.2. The van der Waals surface area contributed by atoms with E-state index in [1.54, 1.807) is 11.0 Å². The van der Waals surface area contributed by atoms with Crippen LogP contribution >= 0.6 is 0 Å². The Morgan fingerprint density at radius 2 is 1.80 bits per heavy atom. The number of nitrogens with zero attached hydrogens (tertiary/aromatic N) is 1. The number of hydrogen-bond acceptors (Lipinski definition) is 5. The van der Waals surface area contributed by atoms with Gasteiger partial charge in [-0.1, -0.05) is 18.2 Å².